The van der Waals surface area contributed by atoms with E-state index >= 15 is 0 Å². The van der Waals surface area contributed by atoms with Gasteiger partial charge in [-0.15, -0.1) is 0 Å². The second-order valence-corrected chi connectivity index (χ2v) is 6.19. The first-order chi connectivity index (χ1) is 8.29. The molecule has 0 amide bonds. The lowest BCUT2D eigenvalue weighted by Crippen LogP contribution is -2.28. The molecule has 4 heteroatoms. The fourth-order valence-corrected chi connectivity index (χ4v) is 1.73. The molecule has 1 N–H and O–H groups in total. The van der Waals surface area contributed by atoms with Crippen LogP contribution in [0.4, 0.5) is 10.1 Å². The average Bonchev–Trinajstić information content (AvgIpc) is 2.31. The highest BCUT2D eigenvalue weighted by molar-refractivity contribution is 9.10. The van der Waals surface area contributed by atoms with Gasteiger partial charge in [-0.3, -0.25) is 0 Å². The molecule has 0 fully saturated rings. The SMILES string of the molecule is CC(C)C(C)(C)CNc1ccc(C#N)c(Br)c1F. The van der Waals surface area contributed by atoms with Crippen LogP contribution in [-0.2, 0) is 0 Å². The van der Waals surface area contributed by atoms with Gasteiger partial charge in [0.15, 0.2) is 5.82 Å². The lowest BCUT2D eigenvalue weighted by Gasteiger charge is -2.30. The van der Waals surface area contributed by atoms with Gasteiger partial charge in [0.2, 0.25) is 0 Å². The summed E-state index contributed by atoms with van der Waals surface area (Å²) in [6.07, 6.45) is 0. The van der Waals surface area contributed by atoms with E-state index in [9.17, 15) is 4.39 Å². The highest BCUT2D eigenvalue weighted by atomic mass is 79.9. The minimum Gasteiger partial charge on any atom is -0.382 e. The van der Waals surface area contributed by atoms with E-state index in [4.69, 9.17) is 5.26 Å². The van der Waals surface area contributed by atoms with Crippen molar-refractivity contribution in [2.45, 2.75) is 27.7 Å². The molecule has 1 rings (SSSR count). The summed E-state index contributed by atoms with van der Waals surface area (Å²) in [5.41, 5.74) is 0.808. The number of nitrogens with one attached hydrogen (secondary N) is 1. The molecule has 1 aromatic carbocycles. The summed E-state index contributed by atoms with van der Waals surface area (Å²) in [4.78, 5) is 0. The maximum atomic E-state index is 14.0. The van der Waals surface area contributed by atoms with Crippen LogP contribution in [-0.4, -0.2) is 6.54 Å². The van der Waals surface area contributed by atoms with E-state index in [0.717, 1.165) is 0 Å². The predicted octanol–water partition coefficient (Wildman–Crippen LogP) is 4.55. The Labute approximate surface area is 116 Å². The van der Waals surface area contributed by atoms with Crippen LogP contribution in [0.25, 0.3) is 0 Å². The molecule has 0 aromatic heterocycles. The van der Waals surface area contributed by atoms with Gasteiger partial charge in [-0.25, -0.2) is 4.39 Å². The number of halogens is 2. The molecule has 0 aliphatic heterocycles. The van der Waals surface area contributed by atoms with E-state index in [1.54, 1.807) is 12.1 Å². The summed E-state index contributed by atoms with van der Waals surface area (Å²) in [7, 11) is 0. The maximum Gasteiger partial charge on any atom is 0.161 e. The average molecular weight is 313 g/mol. The van der Waals surface area contributed by atoms with Crippen molar-refractivity contribution in [1.82, 2.24) is 0 Å². The van der Waals surface area contributed by atoms with Gasteiger partial charge in [0, 0.05) is 6.54 Å². The monoisotopic (exact) mass is 312 g/mol. The first kappa shape index (κ1) is 15.0. The Morgan fingerprint density at radius 3 is 2.56 bits per heavy atom. The highest BCUT2D eigenvalue weighted by Gasteiger charge is 2.22. The Balaban J connectivity index is 2.88. The molecule has 0 aliphatic rings. The van der Waals surface area contributed by atoms with Crippen molar-refractivity contribution in [2.24, 2.45) is 11.3 Å². The zero-order valence-corrected chi connectivity index (χ0v) is 12.7. The molecule has 0 spiro atoms. The first-order valence-electron chi connectivity index (χ1n) is 5.91. The summed E-state index contributed by atoms with van der Waals surface area (Å²) in [6.45, 7) is 9.25. The summed E-state index contributed by atoms with van der Waals surface area (Å²) >= 11 is 3.10. The van der Waals surface area contributed by atoms with Gasteiger partial charge in [-0.05, 0) is 39.4 Å². The first-order valence-corrected chi connectivity index (χ1v) is 6.71. The van der Waals surface area contributed by atoms with Crippen molar-refractivity contribution < 1.29 is 4.39 Å². The van der Waals surface area contributed by atoms with E-state index in [0.29, 0.717) is 23.7 Å². The van der Waals surface area contributed by atoms with Crippen molar-refractivity contribution in [1.29, 1.82) is 5.26 Å². The fraction of sp³-hybridized carbons (Fsp3) is 0.500. The molecule has 2 nitrogen and oxygen atoms in total. The number of hydrogen-bond acceptors (Lipinski definition) is 2. The van der Waals surface area contributed by atoms with Crippen LogP contribution in [0.1, 0.15) is 33.3 Å². The Morgan fingerprint density at radius 1 is 1.44 bits per heavy atom. The minimum atomic E-state index is -0.409. The molecule has 0 bridgehead atoms. The molecule has 0 unspecified atom stereocenters. The van der Waals surface area contributed by atoms with E-state index in [2.05, 4.69) is 48.9 Å². The lowest BCUT2D eigenvalue weighted by atomic mass is 9.81. The van der Waals surface area contributed by atoms with Gasteiger partial charge in [0.25, 0.3) is 0 Å². The van der Waals surface area contributed by atoms with Gasteiger partial charge in [-0.1, -0.05) is 27.7 Å². The van der Waals surface area contributed by atoms with Crippen LogP contribution in [0.3, 0.4) is 0 Å². The molecule has 18 heavy (non-hydrogen) atoms. The Bertz CT molecular complexity index is 475. The van der Waals surface area contributed by atoms with E-state index in [-0.39, 0.29) is 9.89 Å². The third-order valence-corrected chi connectivity index (χ3v) is 4.28. The van der Waals surface area contributed by atoms with E-state index < -0.39 is 5.82 Å². The maximum absolute atomic E-state index is 14.0. The van der Waals surface area contributed by atoms with Gasteiger partial charge in [0.05, 0.1) is 15.7 Å². The van der Waals surface area contributed by atoms with Crippen LogP contribution in [0, 0.1) is 28.5 Å². The molecule has 0 saturated carbocycles. The minimum absolute atomic E-state index is 0.0762. The summed E-state index contributed by atoms with van der Waals surface area (Å²) in [5, 5.41) is 11.9. The van der Waals surface area contributed by atoms with Crippen LogP contribution in [0.5, 0.6) is 0 Å². The number of benzene rings is 1. The van der Waals surface area contributed by atoms with Crippen molar-refractivity contribution in [2.75, 3.05) is 11.9 Å². The standard InChI is InChI=1S/C14H18BrFN2/c1-9(2)14(3,4)8-18-11-6-5-10(7-17)12(15)13(11)16/h5-6,9,18H,8H2,1-4H3. The number of rotatable bonds is 4. The molecule has 0 saturated heterocycles. The van der Waals surface area contributed by atoms with Crippen LogP contribution in [0.15, 0.2) is 16.6 Å². The number of nitrogens with zero attached hydrogens (tertiary/aromatic N) is 1. The van der Waals surface area contributed by atoms with Crippen LogP contribution in [0.2, 0.25) is 0 Å². The molecule has 0 heterocycles. The van der Waals surface area contributed by atoms with Crippen molar-refractivity contribution in [3.8, 4) is 6.07 Å². The topological polar surface area (TPSA) is 35.8 Å². The fourth-order valence-electron chi connectivity index (χ4n) is 1.30. The summed E-state index contributed by atoms with van der Waals surface area (Å²) < 4.78 is 14.2. The number of hydrogen-bond donors (Lipinski definition) is 1. The van der Waals surface area contributed by atoms with Crippen LogP contribution >= 0.6 is 15.9 Å². The Morgan fingerprint density at radius 2 is 2.06 bits per heavy atom. The molecular weight excluding hydrogens is 295 g/mol. The van der Waals surface area contributed by atoms with Crippen molar-refractivity contribution in [3.05, 3.63) is 28.0 Å². The van der Waals surface area contributed by atoms with Crippen LogP contribution < -0.4 is 5.32 Å². The Hall–Kier alpha value is -1.08. The highest BCUT2D eigenvalue weighted by Crippen LogP contribution is 2.30. The number of nitriles is 1. The van der Waals surface area contributed by atoms with Gasteiger partial charge >= 0.3 is 0 Å². The largest absolute Gasteiger partial charge is 0.382 e. The van der Waals surface area contributed by atoms with Gasteiger partial charge in [0.1, 0.15) is 6.07 Å². The second kappa shape index (κ2) is 5.71. The van der Waals surface area contributed by atoms with Gasteiger partial charge < -0.3 is 5.32 Å². The summed E-state index contributed by atoms with van der Waals surface area (Å²) in [5.74, 6) is 0.0866. The molecular formula is C14H18BrFN2. The lowest BCUT2D eigenvalue weighted by molar-refractivity contribution is 0.269. The summed E-state index contributed by atoms with van der Waals surface area (Å²) in [6, 6.07) is 5.15. The molecule has 0 atom stereocenters. The molecule has 0 aliphatic carbocycles. The normalized spacial score (nSPS) is 11.4. The van der Waals surface area contributed by atoms with Crippen molar-refractivity contribution in [3.63, 3.8) is 0 Å². The zero-order valence-electron chi connectivity index (χ0n) is 11.1. The third-order valence-electron chi connectivity index (χ3n) is 3.50. The van der Waals surface area contributed by atoms with E-state index in [1.165, 1.54) is 0 Å². The zero-order chi connectivity index (χ0) is 13.9. The quantitative estimate of drug-likeness (QED) is 0.885. The smallest absolute Gasteiger partial charge is 0.161 e. The molecule has 98 valence electrons. The second-order valence-electron chi connectivity index (χ2n) is 5.40. The van der Waals surface area contributed by atoms with E-state index in [1.807, 2.05) is 6.07 Å². The molecule has 1 aromatic rings. The predicted molar refractivity (Wildman–Crippen MR) is 75.9 cm³/mol. The van der Waals surface area contributed by atoms with Crippen molar-refractivity contribution >= 4 is 21.6 Å². The molecule has 0 radical (unpaired) electrons. The Kier molecular flexibility index (Phi) is 4.75. The number of anilines is 1. The third kappa shape index (κ3) is 3.23. The van der Waals surface area contributed by atoms with Gasteiger partial charge in [-0.2, -0.15) is 5.26 Å².